The van der Waals surface area contributed by atoms with E-state index in [1.54, 1.807) is 0 Å². The minimum absolute atomic E-state index is 0.261. The van der Waals surface area contributed by atoms with Crippen molar-refractivity contribution in [3.8, 4) is 0 Å². The molecule has 152 valence electrons. The average Bonchev–Trinajstić information content (AvgIpc) is 2.67. The molecule has 0 amide bonds. The standard InChI is InChI=1S/C21H36ClN5/c1-5-6-13-27-14-11-19(12-15-27)25-21(23-2)24-16-20(26(3)4)17-7-9-18(22)10-8-17/h7-10,19-20H,5-6,11-16H2,1-4H3,(H2,23,24,25). The summed E-state index contributed by atoms with van der Waals surface area (Å²) in [5.41, 5.74) is 1.25. The van der Waals surface area contributed by atoms with E-state index in [0.29, 0.717) is 6.04 Å². The van der Waals surface area contributed by atoms with E-state index in [-0.39, 0.29) is 6.04 Å². The van der Waals surface area contributed by atoms with Crippen LogP contribution in [0.2, 0.25) is 5.02 Å². The number of likely N-dealkylation sites (N-methyl/N-ethyl adjacent to an activating group) is 1. The quantitative estimate of drug-likeness (QED) is 0.525. The van der Waals surface area contributed by atoms with Gasteiger partial charge in [0.05, 0.1) is 6.04 Å². The summed E-state index contributed by atoms with van der Waals surface area (Å²) in [5.74, 6) is 0.892. The third-order valence-corrected chi connectivity index (χ3v) is 5.57. The Kier molecular flexibility index (Phi) is 9.39. The number of unbranched alkanes of at least 4 members (excludes halogenated alkanes) is 1. The van der Waals surface area contributed by atoms with Crippen molar-refractivity contribution < 1.29 is 0 Å². The van der Waals surface area contributed by atoms with E-state index in [2.05, 4.69) is 58.6 Å². The Morgan fingerprint density at radius 2 is 1.93 bits per heavy atom. The zero-order valence-corrected chi connectivity index (χ0v) is 18.1. The van der Waals surface area contributed by atoms with Crippen molar-refractivity contribution in [1.82, 2.24) is 20.4 Å². The maximum Gasteiger partial charge on any atom is 0.191 e. The summed E-state index contributed by atoms with van der Waals surface area (Å²) in [6, 6.07) is 8.85. The molecule has 1 saturated heterocycles. The molecule has 1 aromatic carbocycles. The molecular formula is C21H36ClN5. The highest BCUT2D eigenvalue weighted by atomic mass is 35.5. The zero-order chi connectivity index (χ0) is 19.6. The van der Waals surface area contributed by atoms with Gasteiger partial charge in [-0.3, -0.25) is 4.99 Å². The number of guanidine groups is 1. The lowest BCUT2D eigenvalue weighted by atomic mass is 10.0. The van der Waals surface area contributed by atoms with Gasteiger partial charge in [-0.05, 0) is 57.6 Å². The van der Waals surface area contributed by atoms with Crippen LogP contribution in [0, 0.1) is 0 Å². The number of likely N-dealkylation sites (tertiary alicyclic amines) is 1. The number of rotatable bonds is 8. The van der Waals surface area contributed by atoms with Gasteiger partial charge in [0, 0.05) is 37.7 Å². The molecule has 6 heteroatoms. The lowest BCUT2D eigenvalue weighted by Crippen LogP contribution is -2.49. The number of aliphatic imine (C=N–C) groups is 1. The second-order valence-corrected chi connectivity index (χ2v) is 8.03. The van der Waals surface area contributed by atoms with Gasteiger partial charge >= 0.3 is 0 Å². The van der Waals surface area contributed by atoms with E-state index in [1.807, 2.05) is 19.2 Å². The van der Waals surface area contributed by atoms with Crippen LogP contribution in [0.25, 0.3) is 0 Å². The molecule has 1 heterocycles. The van der Waals surface area contributed by atoms with Crippen LogP contribution in [0.1, 0.15) is 44.2 Å². The Morgan fingerprint density at radius 1 is 1.26 bits per heavy atom. The second-order valence-electron chi connectivity index (χ2n) is 7.60. The maximum atomic E-state index is 6.03. The Labute approximate surface area is 170 Å². The largest absolute Gasteiger partial charge is 0.354 e. The van der Waals surface area contributed by atoms with Crippen LogP contribution in [0.15, 0.2) is 29.3 Å². The number of hydrogen-bond donors (Lipinski definition) is 2. The summed E-state index contributed by atoms with van der Waals surface area (Å²) in [7, 11) is 6.05. The highest BCUT2D eigenvalue weighted by molar-refractivity contribution is 6.30. The summed E-state index contributed by atoms with van der Waals surface area (Å²) < 4.78 is 0. The minimum Gasteiger partial charge on any atom is -0.354 e. The van der Waals surface area contributed by atoms with Crippen molar-refractivity contribution in [1.29, 1.82) is 0 Å². The van der Waals surface area contributed by atoms with Gasteiger partial charge in [0.15, 0.2) is 5.96 Å². The van der Waals surface area contributed by atoms with Crippen LogP contribution >= 0.6 is 11.6 Å². The lowest BCUT2D eigenvalue weighted by molar-refractivity contribution is 0.203. The molecule has 1 fully saturated rings. The van der Waals surface area contributed by atoms with Gasteiger partial charge in [-0.1, -0.05) is 37.1 Å². The Bertz CT molecular complexity index is 564. The van der Waals surface area contributed by atoms with Crippen LogP contribution in [0.4, 0.5) is 0 Å². The van der Waals surface area contributed by atoms with Gasteiger partial charge < -0.3 is 20.4 Å². The van der Waals surface area contributed by atoms with Crippen LogP contribution in [-0.4, -0.2) is 69.1 Å². The topological polar surface area (TPSA) is 42.9 Å². The minimum atomic E-state index is 0.261. The monoisotopic (exact) mass is 393 g/mol. The van der Waals surface area contributed by atoms with E-state index in [4.69, 9.17) is 11.6 Å². The fourth-order valence-corrected chi connectivity index (χ4v) is 3.67. The number of nitrogens with one attached hydrogen (secondary N) is 2. The molecule has 0 spiro atoms. The van der Waals surface area contributed by atoms with Crippen molar-refractivity contribution in [2.75, 3.05) is 47.3 Å². The third-order valence-electron chi connectivity index (χ3n) is 5.32. The first-order chi connectivity index (χ1) is 13.0. The molecular weight excluding hydrogens is 358 g/mol. The van der Waals surface area contributed by atoms with E-state index in [9.17, 15) is 0 Å². The van der Waals surface area contributed by atoms with Gasteiger partial charge in [0.1, 0.15) is 0 Å². The molecule has 0 aromatic heterocycles. The number of nitrogens with zero attached hydrogens (tertiary/aromatic N) is 3. The first-order valence-corrected chi connectivity index (χ1v) is 10.5. The molecule has 1 aliphatic heterocycles. The average molecular weight is 394 g/mol. The van der Waals surface area contributed by atoms with Crippen molar-refractivity contribution >= 4 is 17.6 Å². The summed E-state index contributed by atoms with van der Waals surface area (Å²) >= 11 is 6.03. The third kappa shape index (κ3) is 7.32. The van der Waals surface area contributed by atoms with Crippen molar-refractivity contribution in [3.05, 3.63) is 34.9 Å². The van der Waals surface area contributed by atoms with E-state index in [1.165, 1.54) is 50.9 Å². The molecule has 27 heavy (non-hydrogen) atoms. The molecule has 2 N–H and O–H groups in total. The predicted molar refractivity (Wildman–Crippen MR) is 117 cm³/mol. The number of halogens is 1. The molecule has 0 bridgehead atoms. The molecule has 1 aromatic rings. The zero-order valence-electron chi connectivity index (χ0n) is 17.3. The maximum absolute atomic E-state index is 6.03. The smallest absolute Gasteiger partial charge is 0.191 e. The Hall–Kier alpha value is -1.30. The van der Waals surface area contributed by atoms with Crippen LogP contribution in [-0.2, 0) is 0 Å². The van der Waals surface area contributed by atoms with Gasteiger partial charge in [-0.2, -0.15) is 0 Å². The van der Waals surface area contributed by atoms with Crippen LogP contribution in [0.3, 0.4) is 0 Å². The normalized spacial score (nSPS) is 17.9. The first kappa shape index (κ1) is 22.0. The highest BCUT2D eigenvalue weighted by Gasteiger charge is 2.20. The second kappa shape index (κ2) is 11.5. The fourth-order valence-electron chi connectivity index (χ4n) is 3.55. The molecule has 0 saturated carbocycles. The molecule has 1 aliphatic rings. The van der Waals surface area contributed by atoms with Gasteiger partial charge in [0.25, 0.3) is 0 Å². The Morgan fingerprint density at radius 3 is 2.48 bits per heavy atom. The SMILES string of the molecule is CCCCN1CCC(NC(=NC)NCC(c2ccc(Cl)cc2)N(C)C)CC1. The summed E-state index contributed by atoms with van der Waals surface area (Å²) in [4.78, 5) is 9.23. The van der Waals surface area contributed by atoms with E-state index >= 15 is 0 Å². The molecule has 2 rings (SSSR count). The van der Waals surface area contributed by atoms with Gasteiger partial charge in [-0.25, -0.2) is 0 Å². The van der Waals surface area contributed by atoms with Gasteiger partial charge in [0.2, 0.25) is 0 Å². The lowest BCUT2D eigenvalue weighted by Gasteiger charge is -2.33. The fraction of sp³-hybridized carbons (Fsp3) is 0.667. The summed E-state index contributed by atoms with van der Waals surface area (Å²) in [5, 5.41) is 7.89. The Balaban J connectivity index is 1.83. The molecule has 1 unspecified atom stereocenters. The summed E-state index contributed by atoms with van der Waals surface area (Å²) in [6.45, 7) is 6.65. The number of piperidine rings is 1. The predicted octanol–water partition coefficient (Wildman–Crippen LogP) is 3.37. The van der Waals surface area contributed by atoms with E-state index < -0.39 is 0 Å². The van der Waals surface area contributed by atoms with Gasteiger partial charge in [-0.15, -0.1) is 0 Å². The van der Waals surface area contributed by atoms with Crippen LogP contribution < -0.4 is 10.6 Å². The van der Waals surface area contributed by atoms with Crippen molar-refractivity contribution in [3.63, 3.8) is 0 Å². The summed E-state index contributed by atoms with van der Waals surface area (Å²) in [6.07, 6.45) is 4.94. The molecule has 0 aliphatic carbocycles. The van der Waals surface area contributed by atoms with Crippen molar-refractivity contribution in [2.45, 2.75) is 44.7 Å². The number of benzene rings is 1. The van der Waals surface area contributed by atoms with Crippen molar-refractivity contribution in [2.24, 2.45) is 4.99 Å². The molecule has 5 nitrogen and oxygen atoms in total. The molecule has 1 atom stereocenters. The van der Waals surface area contributed by atoms with Crippen LogP contribution in [0.5, 0.6) is 0 Å². The first-order valence-electron chi connectivity index (χ1n) is 10.1. The van der Waals surface area contributed by atoms with E-state index in [0.717, 1.165) is 17.5 Å². The number of hydrogen-bond acceptors (Lipinski definition) is 3. The highest BCUT2D eigenvalue weighted by Crippen LogP contribution is 2.20. The molecule has 0 radical (unpaired) electrons.